The first-order valence-electron chi connectivity index (χ1n) is 8.06. The molecule has 1 atom stereocenters. The molecule has 1 aromatic rings. The topological polar surface area (TPSA) is 66.9 Å². The molecule has 0 aliphatic carbocycles. The molecule has 1 heterocycles. The van der Waals surface area contributed by atoms with Gasteiger partial charge in [0.25, 0.3) is 0 Å². The third kappa shape index (κ3) is 4.85. The Kier molecular flexibility index (Phi) is 6.64. The first kappa shape index (κ1) is 19.1. The van der Waals surface area contributed by atoms with Crippen LogP contribution in [0.1, 0.15) is 19.4 Å². The quantitative estimate of drug-likeness (QED) is 0.572. The summed E-state index contributed by atoms with van der Waals surface area (Å²) in [5.74, 6) is -0.670. The molecule has 0 N–H and O–H groups in total. The van der Waals surface area contributed by atoms with Gasteiger partial charge in [-0.05, 0) is 19.4 Å². The van der Waals surface area contributed by atoms with Crippen molar-refractivity contribution in [2.75, 3.05) is 19.4 Å². The summed E-state index contributed by atoms with van der Waals surface area (Å²) in [7, 11) is 1.70. The van der Waals surface area contributed by atoms with Crippen LogP contribution in [0.4, 0.5) is 0 Å². The average Bonchev–Trinajstić information content (AvgIpc) is 2.95. The van der Waals surface area contributed by atoms with Crippen molar-refractivity contribution in [1.82, 2.24) is 9.80 Å². The van der Waals surface area contributed by atoms with Gasteiger partial charge in [-0.25, -0.2) is 4.79 Å². The van der Waals surface area contributed by atoms with E-state index >= 15 is 0 Å². The van der Waals surface area contributed by atoms with Crippen LogP contribution in [-0.2, 0) is 25.7 Å². The van der Waals surface area contributed by atoms with E-state index in [2.05, 4.69) is 0 Å². The fraction of sp³-hybridized carbons (Fsp3) is 0.389. The summed E-state index contributed by atoms with van der Waals surface area (Å²) in [6.07, 6.45) is 1.28. The van der Waals surface area contributed by atoms with E-state index in [1.54, 1.807) is 25.8 Å². The molecule has 1 aliphatic rings. The SMILES string of the molecule is CCOC(=O)/C=C1\SCC(=O)N1[C@@H](C)C(=O)N(C)Cc1ccccc1. The van der Waals surface area contributed by atoms with E-state index in [0.717, 1.165) is 5.56 Å². The van der Waals surface area contributed by atoms with E-state index in [1.807, 2.05) is 30.3 Å². The highest BCUT2D eigenvalue weighted by Gasteiger charge is 2.36. The van der Waals surface area contributed by atoms with Gasteiger partial charge in [0, 0.05) is 13.6 Å². The molecule has 1 saturated heterocycles. The fourth-order valence-electron chi connectivity index (χ4n) is 2.57. The lowest BCUT2D eigenvalue weighted by atomic mass is 10.2. The summed E-state index contributed by atoms with van der Waals surface area (Å²) in [5, 5.41) is 0.456. The number of rotatable bonds is 6. The van der Waals surface area contributed by atoms with Gasteiger partial charge in [-0.15, -0.1) is 0 Å². The lowest BCUT2D eigenvalue weighted by Crippen LogP contribution is -2.45. The number of carbonyl (C=O) groups is 3. The second kappa shape index (κ2) is 8.71. The van der Waals surface area contributed by atoms with E-state index in [1.165, 1.54) is 22.7 Å². The predicted octanol–water partition coefficient (Wildman–Crippen LogP) is 2.01. The third-order valence-corrected chi connectivity index (χ3v) is 4.76. The van der Waals surface area contributed by atoms with E-state index in [0.29, 0.717) is 11.6 Å². The van der Waals surface area contributed by atoms with Gasteiger partial charge in [-0.3, -0.25) is 14.5 Å². The normalized spacial score (nSPS) is 16.8. The van der Waals surface area contributed by atoms with Crippen LogP contribution in [0.3, 0.4) is 0 Å². The first-order chi connectivity index (χ1) is 11.9. The zero-order chi connectivity index (χ0) is 18.4. The minimum atomic E-state index is -0.683. The Bertz CT molecular complexity index is 675. The molecule has 2 rings (SSSR count). The number of hydrogen-bond acceptors (Lipinski definition) is 5. The number of carbonyl (C=O) groups excluding carboxylic acids is 3. The Morgan fingerprint density at radius 2 is 2.04 bits per heavy atom. The smallest absolute Gasteiger partial charge is 0.333 e. The van der Waals surface area contributed by atoms with Crippen LogP contribution in [0, 0.1) is 0 Å². The predicted molar refractivity (Wildman–Crippen MR) is 96.4 cm³/mol. The maximum Gasteiger partial charge on any atom is 0.333 e. The number of thioether (sulfide) groups is 1. The second-order valence-corrected chi connectivity index (χ2v) is 6.64. The van der Waals surface area contributed by atoms with Gasteiger partial charge < -0.3 is 9.64 Å². The monoisotopic (exact) mass is 362 g/mol. The summed E-state index contributed by atoms with van der Waals surface area (Å²) in [5.41, 5.74) is 1.01. The zero-order valence-electron chi connectivity index (χ0n) is 14.6. The maximum absolute atomic E-state index is 12.7. The van der Waals surface area contributed by atoms with Crippen molar-refractivity contribution in [2.24, 2.45) is 0 Å². The van der Waals surface area contributed by atoms with Crippen LogP contribution < -0.4 is 0 Å². The Hall–Kier alpha value is -2.28. The third-order valence-electron chi connectivity index (χ3n) is 3.76. The maximum atomic E-state index is 12.7. The number of hydrogen-bond donors (Lipinski definition) is 0. The molecular weight excluding hydrogens is 340 g/mol. The van der Waals surface area contributed by atoms with Gasteiger partial charge in [0.15, 0.2) is 0 Å². The van der Waals surface area contributed by atoms with E-state index in [9.17, 15) is 14.4 Å². The van der Waals surface area contributed by atoms with Gasteiger partial charge in [-0.2, -0.15) is 0 Å². The van der Waals surface area contributed by atoms with Crippen LogP contribution in [0.5, 0.6) is 0 Å². The number of nitrogens with zero attached hydrogens (tertiary/aromatic N) is 2. The van der Waals surface area contributed by atoms with Crippen molar-refractivity contribution in [1.29, 1.82) is 0 Å². The van der Waals surface area contributed by atoms with E-state index < -0.39 is 12.0 Å². The average molecular weight is 362 g/mol. The van der Waals surface area contributed by atoms with Crippen molar-refractivity contribution < 1.29 is 19.1 Å². The van der Waals surface area contributed by atoms with Crippen LogP contribution in [-0.4, -0.2) is 53.0 Å². The Morgan fingerprint density at radius 1 is 1.36 bits per heavy atom. The molecule has 25 heavy (non-hydrogen) atoms. The van der Waals surface area contributed by atoms with Gasteiger partial charge in [0.2, 0.25) is 11.8 Å². The molecule has 0 bridgehead atoms. The number of benzene rings is 1. The highest BCUT2D eigenvalue weighted by atomic mass is 32.2. The van der Waals surface area contributed by atoms with Crippen molar-refractivity contribution in [3.05, 3.63) is 47.0 Å². The summed E-state index contributed by atoms with van der Waals surface area (Å²) in [4.78, 5) is 39.5. The molecule has 0 radical (unpaired) electrons. The van der Waals surface area contributed by atoms with Gasteiger partial charge in [0.1, 0.15) is 6.04 Å². The standard InChI is InChI=1S/C18H22N2O4S/c1-4-24-17(22)10-16-20(15(21)12-25-16)13(2)18(23)19(3)11-14-8-6-5-7-9-14/h5-10,13H,4,11-12H2,1-3H3/b16-10-/t13-/m0/s1. The molecule has 0 spiro atoms. The molecule has 1 fully saturated rings. The van der Waals surface area contributed by atoms with E-state index in [-0.39, 0.29) is 24.2 Å². The zero-order valence-corrected chi connectivity index (χ0v) is 15.4. The minimum absolute atomic E-state index is 0.186. The number of likely N-dealkylation sites (N-methyl/N-ethyl adjacent to an activating group) is 1. The van der Waals surface area contributed by atoms with Crippen LogP contribution in [0.15, 0.2) is 41.4 Å². The highest BCUT2D eigenvalue weighted by molar-refractivity contribution is 8.04. The largest absolute Gasteiger partial charge is 0.463 e. The molecule has 134 valence electrons. The summed E-state index contributed by atoms with van der Waals surface area (Å²) in [6.45, 7) is 4.10. The summed E-state index contributed by atoms with van der Waals surface area (Å²) < 4.78 is 4.89. The summed E-state index contributed by atoms with van der Waals surface area (Å²) in [6, 6.07) is 8.95. The number of esters is 1. The molecular formula is C18H22N2O4S. The van der Waals surface area contributed by atoms with Gasteiger partial charge >= 0.3 is 5.97 Å². The van der Waals surface area contributed by atoms with Crippen LogP contribution >= 0.6 is 11.8 Å². The van der Waals surface area contributed by atoms with Crippen molar-refractivity contribution in [3.63, 3.8) is 0 Å². The molecule has 2 amide bonds. The Morgan fingerprint density at radius 3 is 2.68 bits per heavy atom. The Labute approximate surface area is 151 Å². The summed E-state index contributed by atoms with van der Waals surface area (Å²) >= 11 is 1.24. The second-order valence-electron chi connectivity index (χ2n) is 5.64. The van der Waals surface area contributed by atoms with Crippen molar-refractivity contribution >= 4 is 29.5 Å². The van der Waals surface area contributed by atoms with Gasteiger partial charge in [0.05, 0.1) is 23.5 Å². The first-order valence-corrected chi connectivity index (χ1v) is 9.04. The highest BCUT2D eigenvalue weighted by Crippen LogP contribution is 2.31. The molecule has 6 nitrogen and oxygen atoms in total. The molecule has 0 aromatic heterocycles. The molecule has 0 saturated carbocycles. The number of ether oxygens (including phenoxy) is 1. The van der Waals surface area contributed by atoms with Crippen molar-refractivity contribution in [2.45, 2.75) is 26.4 Å². The molecule has 1 aliphatic heterocycles. The minimum Gasteiger partial charge on any atom is -0.463 e. The molecule has 0 unspecified atom stereocenters. The lowest BCUT2D eigenvalue weighted by molar-refractivity contribution is -0.141. The Balaban J connectivity index is 2.10. The van der Waals surface area contributed by atoms with Crippen LogP contribution in [0.25, 0.3) is 0 Å². The fourth-order valence-corrected chi connectivity index (χ4v) is 3.55. The van der Waals surface area contributed by atoms with E-state index in [4.69, 9.17) is 4.74 Å². The van der Waals surface area contributed by atoms with Gasteiger partial charge in [-0.1, -0.05) is 42.1 Å². The van der Waals surface area contributed by atoms with Crippen molar-refractivity contribution in [3.8, 4) is 0 Å². The van der Waals surface area contributed by atoms with Crippen LogP contribution in [0.2, 0.25) is 0 Å². The molecule has 1 aromatic carbocycles. The lowest BCUT2D eigenvalue weighted by Gasteiger charge is -2.28. The molecule has 7 heteroatoms. The number of amides is 2.